The number of aromatic nitrogens is 1. The SMILES string of the molecule is O=C(NCc1ccc(-c2ccccc2)c2ccncc12)C1CC1c1ccccc1. The van der Waals surface area contributed by atoms with Crippen molar-refractivity contribution in [2.75, 3.05) is 0 Å². The van der Waals surface area contributed by atoms with Crippen molar-refractivity contribution in [2.45, 2.75) is 18.9 Å². The molecule has 3 aromatic carbocycles. The number of carbonyl (C=O) groups excluding carboxylic acids is 1. The number of amides is 1. The summed E-state index contributed by atoms with van der Waals surface area (Å²) >= 11 is 0. The molecule has 1 N–H and O–H groups in total. The zero-order valence-electron chi connectivity index (χ0n) is 16.1. The molecule has 3 nitrogen and oxygen atoms in total. The lowest BCUT2D eigenvalue weighted by atomic mass is 9.96. The molecule has 1 aliphatic rings. The Morgan fingerprint density at radius 3 is 2.45 bits per heavy atom. The molecule has 29 heavy (non-hydrogen) atoms. The van der Waals surface area contributed by atoms with Gasteiger partial charge >= 0.3 is 0 Å². The van der Waals surface area contributed by atoms with Gasteiger partial charge in [0, 0.05) is 30.2 Å². The van der Waals surface area contributed by atoms with E-state index in [1.165, 1.54) is 16.7 Å². The van der Waals surface area contributed by atoms with Crippen molar-refractivity contribution in [3.05, 3.63) is 102 Å². The summed E-state index contributed by atoms with van der Waals surface area (Å²) in [6.45, 7) is 0.522. The van der Waals surface area contributed by atoms with E-state index in [0.717, 1.165) is 22.8 Å². The Hall–Kier alpha value is -3.46. The molecule has 0 spiro atoms. The van der Waals surface area contributed by atoms with E-state index in [-0.39, 0.29) is 11.8 Å². The molecule has 0 saturated heterocycles. The molecule has 1 aliphatic carbocycles. The van der Waals surface area contributed by atoms with E-state index < -0.39 is 0 Å². The molecule has 3 heteroatoms. The first kappa shape index (κ1) is 17.6. The molecule has 2 atom stereocenters. The molecule has 1 saturated carbocycles. The fourth-order valence-electron chi connectivity index (χ4n) is 4.14. The normalized spacial score (nSPS) is 17.8. The molecule has 0 bridgehead atoms. The van der Waals surface area contributed by atoms with E-state index in [1.54, 1.807) is 0 Å². The maximum atomic E-state index is 12.7. The van der Waals surface area contributed by atoms with Crippen LogP contribution in [0.2, 0.25) is 0 Å². The largest absolute Gasteiger partial charge is 0.352 e. The van der Waals surface area contributed by atoms with E-state index >= 15 is 0 Å². The topological polar surface area (TPSA) is 42.0 Å². The quantitative estimate of drug-likeness (QED) is 0.510. The molecule has 0 aliphatic heterocycles. The third-order valence-corrected chi connectivity index (χ3v) is 5.80. The number of fused-ring (bicyclic) bond motifs is 1. The van der Waals surface area contributed by atoms with Crippen molar-refractivity contribution in [3.63, 3.8) is 0 Å². The van der Waals surface area contributed by atoms with Gasteiger partial charge in [-0.3, -0.25) is 9.78 Å². The van der Waals surface area contributed by atoms with E-state index in [9.17, 15) is 4.79 Å². The average molecular weight is 378 g/mol. The minimum atomic E-state index is 0.0883. The number of hydrogen-bond donors (Lipinski definition) is 1. The van der Waals surface area contributed by atoms with Crippen LogP contribution in [0, 0.1) is 5.92 Å². The summed E-state index contributed by atoms with van der Waals surface area (Å²) in [5.41, 5.74) is 4.72. The standard InChI is InChI=1S/C26H22N2O/c29-26(24-15-23(24)19-9-5-2-6-10-19)28-16-20-11-12-21(18-7-3-1-4-8-18)22-13-14-27-17-25(20)22/h1-14,17,23-24H,15-16H2,(H,28,29). The molecule has 2 unspecified atom stereocenters. The van der Waals surface area contributed by atoms with Gasteiger partial charge in [-0.1, -0.05) is 72.8 Å². The highest BCUT2D eigenvalue weighted by atomic mass is 16.2. The second-order valence-electron chi connectivity index (χ2n) is 7.64. The lowest BCUT2D eigenvalue weighted by Crippen LogP contribution is -2.25. The summed E-state index contributed by atoms with van der Waals surface area (Å²) in [5.74, 6) is 0.587. The number of benzene rings is 3. The van der Waals surface area contributed by atoms with Gasteiger partial charge in [-0.15, -0.1) is 0 Å². The Morgan fingerprint density at radius 1 is 0.897 bits per heavy atom. The maximum Gasteiger partial charge on any atom is 0.224 e. The van der Waals surface area contributed by atoms with Gasteiger partial charge in [0.15, 0.2) is 0 Å². The van der Waals surface area contributed by atoms with E-state index in [1.807, 2.05) is 36.7 Å². The molecule has 1 amide bonds. The molecule has 1 aromatic heterocycles. The number of nitrogens with one attached hydrogen (secondary N) is 1. The summed E-state index contributed by atoms with van der Waals surface area (Å²) in [5, 5.41) is 5.39. The van der Waals surface area contributed by atoms with Crippen molar-refractivity contribution < 1.29 is 4.79 Å². The fraction of sp³-hybridized carbons (Fsp3) is 0.154. The third kappa shape index (κ3) is 3.52. The molecule has 1 heterocycles. The third-order valence-electron chi connectivity index (χ3n) is 5.80. The number of pyridine rings is 1. The highest BCUT2D eigenvalue weighted by molar-refractivity contribution is 5.98. The second kappa shape index (κ2) is 7.51. The Morgan fingerprint density at radius 2 is 1.66 bits per heavy atom. The van der Waals surface area contributed by atoms with Crippen LogP contribution in [0.4, 0.5) is 0 Å². The lowest BCUT2D eigenvalue weighted by Gasteiger charge is -2.12. The van der Waals surface area contributed by atoms with Crippen molar-refractivity contribution in [3.8, 4) is 11.1 Å². The summed E-state index contributed by atoms with van der Waals surface area (Å²) in [7, 11) is 0. The van der Waals surface area contributed by atoms with Gasteiger partial charge in [-0.05, 0) is 46.0 Å². The summed E-state index contributed by atoms with van der Waals surface area (Å²) in [4.78, 5) is 17.0. The van der Waals surface area contributed by atoms with Crippen LogP contribution in [0.3, 0.4) is 0 Å². The van der Waals surface area contributed by atoms with E-state index in [2.05, 4.69) is 64.9 Å². The van der Waals surface area contributed by atoms with Crippen LogP contribution in [0.15, 0.2) is 91.3 Å². The monoisotopic (exact) mass is 378 g/mol. The van der Waals surface area contributed by atoms with Gasteiger partial charge in [0.2, 0.25) is 5.91 Å². The first-order chi connectivity index (χ1) is 14.3. The summed E-state index contributed by atoms with van der Waals surface area (Å²) in [6.07, 6.45) is 4.66. The molecular formula is C26H22N2O. The van der Waals surface area contributed by atoms with Gasteiger partial charge in [0.1, 0.15) is 0 Å². The zero-order valence-corrected chi connectivity index (χ0v) is 16.1. The van der Waals surface area contributed by atoms with Crippen molar-refractivity contribution in [2.24, 2.45) is 5.92 Å². The number of rotatable bonds is 5. The van der Waals surface area contributed by atoms with Crippen molar-refractivity contribution >= 4 is 16.7 Å². The molecular weight excluding hydrogens is 356 g/mol. The first-order valence-electron chi connectivity index (χ1n) is 10.0. The van der Waals surface area contributed by atoms with E-state index in [0.29, 0.717) is 12.5 Å². The Labute approximate surface area is 170 Å². The van der Waals surface area contributed by atoms with Gasteiger partial charge in [0.25, 0.3) is 0 Å². The number of hydrogen-bond acceptors (Lipinski definition) is 2. The fourth-order valence-corrected chi connectivity index (χ4v) is 4.14. The van der Waals surface area contributed by atoms with Crippen LogP contribution in [0.5, 0.6) is 0 Å². The zero-order chi connectivity index (χ0) is 19.6. The molecule has 4 aromatic rings. The minimum Gasteiger partial charge on any atom is -0.352 e. The molecule has 5 rings (SSSR count). The summed E-state index contributed by atoms with van der Waals surface area (Å²) in [6, 6.07) is 27.0. The van der Waals surface area contributed by atoms with Crippen LogP contribution in [-0.2, 0) is 11.3 Å². The van der Waals surface area contributed by atoms with Crippen LogP contribution < -0.4 is 5.32 Å². The smallest absolute Gasteiger partial charge is 0.224 e. The predicted octanol–water partition coefficient (Wildman–Crippen LogP) is 5.32. The first-order valence-corrected chi connectivity index (χ1v) is 10.0. The second-order valence-corrected chi connectivity index (χ2v) is 7.64. The van der Waals surface area contributed by atoms with E-state index in [4.69, 9.17) is 0 Å². The van der Waals surface area contributed by atoms with Crippen LogP contribution in [-0.4, -0.2) is 10.9 Å². The molecule has 0 radical (unpaired) electrons. The lowest BCUT2D eigenvalue weighted by molar-refractivity contribution is -0.122. The molecule has 1 fully saturated rings. The van der Waals surface area contributed by atoms with Gasteiger partial charge in [0.05, 0.1) is 0 Å². The number of nitrogens with zero attached hydrogens (tertiary/aromatic N) is 1. The van der Waals surface area contributed by atoms with Crippen LogP contribution in [0.1, 0.15) is 23.5 Å². The van der Waals surface area contributed by atoms with Crippen LogP contribution in [0.25, 0.3) is 21.9 Å². The minimum absolute atomic E-state index is 0.0883. The Kier molecular flexibility index (Phi) is 4.57. The van der Waals surface area contributed by atoms with Crippen molar-refractivity contribution in [1.29, 1.82) is 0 Å². The number of carbonyl (C=O) groups is 1. The average Bonchev–Trinajstić information content (AvgIpc) is 3.59. The van der Waals surface area contributed by atoms with Gasteiger partial charge in [-0.25, -0.2) is 0 Å². The Bertz CT molecular complexity index is 1160. The maximum absolute atomic E-state index is 12.7. The Balaban J connectivity index is 1.35. The summed E-state index contributed by atoms with van der Waals surface area (Å²) < 4.78 is 0. The van der Waals surface area contributed by atoms with Crippen LogP contribution >= 0.6 is 0 Å². The molecule has 142 valence electrons. The highest BCUT2D eigenvalue weighted by Gasteiger charge is 2.43. The van der Waals surface area contributed by atoms with Gasteiger partial charge in [-0.2, -0.15) is 0 Å². The van der Waals surface area contributed by atoms with Gasteiger partial charge < -0.3 is 5.32 Å². The highest BCUT2D eigenvalue weighted by Crippen LogP contribution is 2.47. The van der Waals surface area contributed by atoms with Crippen molar-refractivity contribution in [1.82, 2.24) is 10.3 Å². The predicted molar refractivity (Wildman–Crippen MR) is 116 cm³/mol.